The van der Waals surface area contributed by atoms with Gasteiger partial charge in [0.2, 0.25) is 0 Å². The maximum Gasteiger partial charge on any atom is 0.159 e. The Kier molecular flexibility index (Phi) is 4.08. The van der Waals surface area contributed by atoms with Crippen molar-refractivity contribution in [1.82, 2.24) is 9.97 Å². The number of hydrogen-bond donors (Lipinski definition) is 0. The van der Waals surface area contributed by atoms with Gasteiger partial charge in [-0.05, 0) is 66.8 Å². The van der Waals surface area contributed by atoms with E-state index in [0.29, 0.717) is 17.8 Å². The Morgan fingerprint density at radius 3 is 2.61 bits per heavy atom. The van der Waals surface area contributed by atoms with Gasteiger partial charge in [-0.25, -0.2) is 13.8 Å². The van der Waals surface area contributed by atoms with E-state index in [1.54, 1.807) is 6.07 Å². The van der Waals surface area contributed by atoms with Gasteiger partial charge in [-0.2, -0.15) is 0 Å². The van der Waals surface area contributed by atoms with Gasteiger partial charge in [-0.3, -0.25) is 9.98 Å². The van der Waals surface area contributed by atoms with E-state index in [0.717, 1.165) is 46.8 Å². The van der Waals surface area contributed by atoms with Crippen molar-refractivity contribution in [3.05, 3.63) is 83.2 Å². The van der Waals surface area contributed by atoms with Gasteiger partial charge in [0.1, 0.15) is 0 Å². The van der Waals surface area contributed by atoms with Crippen molar-refractivity contribution in [3.8, 4) is 0 Å². The number of nitrogens with zero attached hydrogens (tertiary/aromatic N) is 3. The van der Waals surface area contributed by atoms with E-state index >= 15 is 0 Å². The zero-order valence-electron chi connectivity index (χ0n) is 15.1. The minimum Gasteiger partial charge on any atom is -0.280 e. The molecule has 3 aromatic rings. The first-order valence-corrected chi connectivity index (χ1v) is 9.36. The maximum absolute atomic E-state index is 13.7. The first-order valence-electron chi connectivity index (χ1n) is 9.36. The van der Waals surface area contributed by atoms with Crippen LogP contribution in [0.1, 0.15) is 36.1 Å². The lowest BCUT2D eigenvalue weighted by Gasteiger charge is -2.09. The molecule has 1 aliphatic carbocycles. The molecule has 28 heavy (non-hydrogen) atoms. The third kappa shape index (κ3) is 2.93. The van der Waals surface area contributed by atoms with Crippen LogP contribution in [-0.2, 0) is 0 Å². The fraction of sp³-hybridized carbons (Fsp3) is 0.174. The molecule has 1 aromatic carbocycles. The van der Waals surface area contributed by atoms with E-state index in [4.69, 9.17) is 4.98 Å². The lowest BCUT2D eigenvalue weighted by molar-refractivity contribution is 0.508. The SMILES string of the molecule is Fc1ccc(C2=NCC=C2c2ccc3ncc(C4=CCCC4)cc3n2)cc1F. The highest BCUT2D eigenvalue weighted by atomic mass is 19.2. The lowest BCUT2D eigenvalue weighted by atomic mass is 10.00. The highest BCUT2D eigenvalue weighted by Crippen LogP contribution is 2.30. The summed E-state index contributed by atoms with van der Waals surface area (Å²) in [4.78, 5) is 13.8. The maximum atomic E-state index is 13.7. The number of aliphatic imine (C=N–C) groups is 1. The lowest BCUT2D eigenvalue weighted by Crippen LogP contribution is -2.04. The second kappa shape index (κ2) is 6.75. The summed E-state index contributed by atoms with van der Waals surface area (Å²) < 4.78 is 27.0. The summed E-state index contributed by atoms with van der Waals surface area (Å²) in [6.45, 7) is 0.495. The van der Waals surface area contributed by atoms with E-state index < -0.39 is 11.6 Å². The van der Waals surface area contributed by atoms with Gasteiger partial charge in [0.05, 0.1) is 29.0 Å². The van der Waals surface area contributed by atoms with E-state index in [1.807, 2.05) is 24.4 Å². The number of pyridine rings is 2. The van der Waals surface area contributed by atoms with Gasteiger partial charge >= 0.3 is 0 Å². The molecule has 0 unspecified atom stereocenters. The summed E-state index contributed by atoms with van der Waals surface area (Å²) in [6, 6.07) is 9.77. The zero-order chi connectivity index (χ0) is 19.1. The second-order valence-electron chi connectivity index (χ2n) is 7.02. The van der Waals surface area contributed by atoms with Crippen LogP contribution in [0.3, 0.4) is 0 Å². The minimum atomic E-state index is -0.878. The third-order valence-corrected chi connectivity index (χ3v) is 5.22. The third-order valence-electron chi connectivity index (χ3n) is 5.22. The monoisotopic (exact) mass is 373 g/mol. The van der Waals surface area contributed by atoms with E-state index in [2.05, 4.69) is 22.1 Å². The zero-order valence-corrected chi connectivity index (χ0v) is 15.1. The van der Waals surface area contributed by atoms with Crippen LogP contribution < -0.4 is 0 Å². The molecule has 0 radical (unpaired) electrons. The fourth-order valence-corrected chi connectivity index (χ4v) is 3.79. The molecule has 0 fully saturated rings. The van der Waals surface area contributed by atoms with Crippen molar-refractivity contribution in [2.45, 2.75) is 19.3 Å². The normalized spacial score (nSPS) is 16.3. The number of rotatable bonds is 3. The smallest absolute Gasteiger partial charge is 0.159 e. The van der Waals surface area contributed by atoms with Crippen LogP contribution in [0.15, 0.2) is 59.7 Å². The molecule has 0 N–H and O–H groups in total. The highest BCUT2D eigenvalue weighted by Gasteiger charge is 2.19. The van der Waals surface area contributed by atoms with Crippen LogP contribution >= 0.6 is 0 Å². The standard InChI is InChI=1S/C23H17F2N3/c24-18-6-5-15(11-19(18)25)23-17(9-10-26-23)20-7-8-21-22(28-20)12-16(13-27-21)14-3-1-2-4-14/h3,5-9,11-13H,1-2,4,10H2. The molecule has 1 aliphatic heterocycles. The van der Waals surface area contributed by atoms with Crippen LogP contribution in [0.2, 0.25) is 0 Å². The second-order valence-corrected chi connectivity index (χ2v) is 7.02. The molecule has 0 amide bonds. The minimum absolute atomic E-state index is 0.495. The number of halogens is 2. The first kappa shape index (κ1) is 16.9. The highest BCUT2D eigenvalue weighted by molar-refractivity contribution is 6.32. The Labute approximate surface area is 161 Å². The van der Waals surface area contributed by atoms with Crippen LogP contribution in [-0.4, -0.2) is 22.2 Å². The quantitative estimate of drug-likeness (QED) is 0.620. The molecular weight excluding hydrogens is 356 g/mol. The van der Waals surface area contributed by atoms with Crippen molar-refractivity contribution in [1.29, 1.82) is 0 Å². The molecule has 0 atom stereocenters. The van der Waals surface area contributed by atoms with Crippen molar-refractivity contribution in [2.24, 2.45) is 4.99 Å². The average Bonchev–Trinajstić information content (AvgIpc) is 3.41. The Morgan fingerprint density at radius 1 is 0.857 bits per heavy atom. The van der Waals surface area contributed by atoms with Crippen LogP contribution in [0.25, 0.3) is 22.2 Å². The Bertz CT molecular complexity index is 1190. The molecule has 0 saturated heterocycles. The molecule has 0 saturated carbocycles. The summed E-state index contributed by atoms with van der Waals surface area (Å²) in [7, 11) is 0. The molecule has 5 rings (SSSR count). The summed E-state index contributed by atoms with van der Waals surface area (Å²) in [5.41, 5.74) is 6.86. The Hall–Kier alpha value is -3.21. The number of fused-ring (bicyclic) bond motifs is 1. The van der Waals surface area contributed by atoms with Crippen molar-refractivity contribution >= 4 is 27.9 Å². The van der Waals surface area contributed by atoms with Crippen molar-refractivity contribution < 1.29 is 8.78 Å². The summed E-state index contributed by atoms with van der Waals surface area (Å²) in [5.74, 6) is -1.74. The summed E-state index contributed by atoms with van der Waals surface area (Å²) >= 11 is 0. The predicted octanol–water partition coefficient (Wildman–Crippen LogP) is 5.36. The summed E-state index contributed by atoms with van der Waals surface area (Å²) in [6.07, 6.45) is 9.50. The molecule has 0 spiro atoms. The van der Waals surface area contributed by atoms with Gasteiger partial charge in [-0.1, -0.05) is 12.2 Å². The topological polar surface area (TPSA) is 38.1 Å². The van der Waals surface area contributed by atoms with E-state index in [1.165, 1.54) is 18.1 Å². The van der Waals surface area contributed by atoms with Gasteiger partial charge < -0.3 is 0 Å². The van der Waals surface area contributed by atoms with E-state index in [-0.39, 0.29) is 0 Å². The van der Waals surface area contributed by atoms with Crippen molar-refractivity contribution in [2.75, 3.05) is 6.54 Å². The Balaban J connectivity index is 1.54. The van der Waals surface area contributed by atoms with Gasteiger partial charge in [-0.15, -0.1) is 0 Å². The Morgan fingerprint density at radius 2 is 1.79 bits per heavy atom. The molecule has 5 heteroatoms. The molecule has 3 nitrogen and oxygen atoms in total. The summed E-state index contributed by atoms with van der Waals surface area (Å²) in [5, 5.41) is 0. The molecular formula is C23H17F2N3. The molecule has 2 aliphatic rings. The van der Waals surface area contributed by atoms with E-state index in [9.17, 15) is 8.78 Å². The van der Waals surface area contributed by atoms with Crippen LogP contribution in [0.5, 0.6) is 0 Å². The average molecular weight is 373 g/mol. The van der Waals surface area contributed by atoms with Gasteiger partial charge in [0, 0.05) is 17.3 Å². The van der Waals surface area contributed by atoms with Crippen molar-refractivity contribution in [3.63, 3.8) is 0 Å². The van der Waals surface area contributed by atoms with Gasteiger partial charge in [0.25, 0.3) is 0 Å². The molecule has 0 bridgehead atoms. The fourth-order valence-electron chi connectivity index (χ4n) is 3.79. The number of benzene rings is 1. The predicted molar refractivity (Wildman–Crippen MR) is 107 cm³/mol. The largest absolute Gasteiger partial charge is 0.280 e. The molecule has 138 valence electrons. The number of aromatic nitrogens is 2. The molecule has 2 aromatic heterocycles. The van der Waals surface area contributed by atoms with Crippen LogP contribution in [0, 0.1) is 11.6 Å². The first-order chi connectivity index (χ1) is 13.7. The number of hydrogen-bond acceptors (Lipinski definition) is 3. The van der Waals surface area contributed by atoms with Gasteiger partial charge in [0.15, 0.2) is 11.6 Å². The van der Waals surface area contributed by atoms with Crippen LogP contribution in [0.4, 0.5) is 8.78 Å². The number of allylic oxidation sites excluding steroid dienone is 3. The molecule has 3 heterocycles.